The Morgan fingerprint density at radius 2 is 1.79 bits per heavy atom. The number of nitrogens with zero attached hydrogens (tertiary/aromatic N) is 4. The molecule has 1 amide bonds. The maximum atomic E-state index is 12.9. The lowest BCUT2D eigenvalue weighted by Gasteiger charge is -2.28. The molecule has 0 aliphatic carbocycles. The third kappa shape index (κ3) is 5.22. The van der Waals surface area contributed by atoms with Gasteiger partial charge in [0.2, 0.25) is 0 Å². The number of alkyl halides is 3. The molecule has 4 rings (SSSR count). The molecular weight excluding hydrogens is 447 g/mol. The predicted molar refractivity (Wildman–Crippen MR) is 121 cm³/mol. The van der Waals surface area contributed by atoms with Crippen molar-refractivity contribution in [3.63, 3.8) is 0 Å². The van der Waals surface area contributed by atoms with E-state index in [1.165, 1.54) is 16.9 Å². The number of rotatable bonds is 6. The molecule has 0 atom stereocenters. The van der Waals surface area contributed by atoms with Crippen molar-refractivity contribution in [2.24, 2.45) is 0 Å². The number of hydrogen-bond donors (Lipinski definition) is 1. The third-order valence-corrected chi connectivity index (χ3v) is 5.66. The molecule has 0 bridgehead atoms. The molecule has 1 fully saturated rings. The first-order chi connectivity index (χ1) is 16.2. The second kappa shape index (κ2) is 9.84. The second-order valence-electron chi connectivity index (χ2n) is 8.36. The number of carbonyl (C=O) groups is 1. The highest BCUT2D eigenvalue weighted by atomic mass is 19.4. The molecule has 7 nitrogen and oxygen atoms in total. The van der Waals surface area contributed by atoms with Gasteiger partial charge in [-0.05, 0) is 35.7 Å². The van der Waals surface area contributed by atoms with Gasteiger partial charge in [0, 0.05) is 31.5 Å². The highest BCUT2D eigenvalue weighted by Crippen LogP contribution is 2.29. The van der Waals surface area contributed by atoms with Crippen LogP contribution in [0.1, 0.15) is 46.9 Å². The van der Waals surface area contributed by atoms with Gasteiger partial charge >= 0.3 is 6.18 Å². The summed E-state index contributed by atoms with van der Waals surface area (Å²) in [4.78, 5) is 19.1. The number of amides is 1. The van der Waals surface area contributed by atoms with Crippen molar-refractivity contribution in [2.75, 3.05) is 31.2 Å². The Labute approximate surface area is 195 Å². The summed E-state index contributed by atoms with van der Waals surface area (Å²) in [7, 11) is 0. The van der Waals surface area contributed by atoms with Gasteiger partial charge in [0.05, 0.1) is 36.2 Å². The average Bonchev–Trinajstić information content (AvgIpc) is 3.29. The minimum Gasteiger partial charge on any atom is -0.378 e. The normalized spacial score (nSPS) is 14.5. The van der Waals surface area contributed by atoms with Crippen LogP contribution in [0.2, 0.25) is 0 Å². The Balaban J connectivity index is 1.46. The summed E-state index contributed by atoms with van der Waals surface area (Å²) >= 11 is 0. The van der Waals surface area contributed by atoms with E-state index < -0.39 is 11.7 Å². The molecule has 0 radical (unpaired) electrons. The SMILES string of the molecule is CC(C)c1c(C(=O)NCc2ccc(N3CCOCC3)cc2)cnn1-c1ccc(C(F)(F)F)cn1. The van der Waals surface area contributed by atoms with Crippen molar-refractivity contribution < 1.29 is 22.7 Å². The summed E-state index contributed by atoms with van der Waals surface area (Å²) in [6.45, 7) is 7.25. The molecule has 0 spiro atoms. The van der Waals surface area contributed by atoms with Crippen LogP contribution in [-0.2, 0) is 17.5 Å². The Hall–Kier alpha value is -3.40. The van der Waals surface area contributed by atoms with Crippen LogP contribution >= 0.6 is 0 Å². The summed E-state index contributed by atoms with van der Waals surface area (Å²) in [6.07, 6.45) is -2.28. The fourth-order valence-electron chi connectivity index (χ4n) is 3.87. The van der Waals surface area contributed by atoms with Gasteiger partial charge in [0.15, 0.2) is 5.82 Å². The first-order valence-corrected chi connectivity index (χ1v) is 11.1. The molecule has 3 aromatic rings. The quantitative estimate of drug-likeness (QED) is 0.582. The zero-order valence-electron chi connectivity index (χ0n) is 19.0. The second-order valence-corrected chi connectivity index (χ2v) is 8.36. The highest BCUT2D eigenvalue weighted by Gasteiger charge is 2.31. The topological polar surface area (TPSA) is 72.3 Å². The lowest BCUT2D eigenvalue weighted by atomic mass is 10.1. The number of ether oxygens (including phenoxy) is 1. The molecule has 0 saturated carbocycles. The number of benzene rings is 1. The number of aromatic nitrogens is 3. The molecule has 34 heavy (non-hydrogen) atoms. The van der Waals surface area contributed by atoms with Gasteiger partial charge < -0.3 is 15.0 Å². The van der Waals surface area contributed by atoms with Crippen molar-refractivity contribution in [2.45, 2.75) is 32.5 Å². The molecule has 180 valence electrons. The summed E-state index contributed by atoms with van der Waals surface area (Å²) in [5.74, 6) is -0.200. The fraction of sp³-hybridized carbons (Fsp3) is 0.375. The van der Waals surface area contributed by atoms with Gasteiger partial charge in [0.1, 0.15) is 0 Å². The van der Waals surface area contributed by atoms with Crippen LogP contribution < -0.4 is 10.2 Å². The number of halogens is 3. The predicted octanol–water partition coefficient (Wildman–Crippen LogP) is 4.18. The van der Waals surface area contributed by atoms with Crippen LogP contribution in [0.25, 0.3) is 5.82 Å². The first kappa shape index (κ1) is 23.7. The highest BCUT2D eigenvalue weighted by molar-refractivity contribution is 5.95. The number of pyridine rings is 1. The van der Waals surface area contributed by atoms with Crippen LogP contribution in [-0.4, -0.2) is 47.0 Å². The summed E-state index contributed by atoms with van der Waals surface area (Å²) in [5.41, 5.74) is 2.17. The molecule has 1 aliphatic heterocycles. The van der Waals surface area contributed by atoms with Crippen molar-refractivity contribution >= 4 is 11.6 Å². The molecule has 3 heterocycles. The summed E-state index contributed by atoms with van der Waals surface area (Å²) in [5, 5.41) is 7.14. The van der Waals surface area contributed by atoms with Gasteiger partial charge in [-0.3, -0.25) is 4.79 Å². The van der Waals surface area contributed by atoms with Crippen molar-refractivity contribution in [3.05, 3.63) is 71.2 Å². The molecular formula is C24H26F3N5O2. The lowest BCUT2D eigenvalue weighted by Crippen LogP contribution is -2.36. The van der Waals surface area contributed by atoms with E-state index in [9.17, 15) is 18.0 Å². The van der Waals surface area contributed by atoms with Gasteiger partial charge in [0.25, 0.3) is 5.91 Å². The van der Waals surface area contributed by atoms with E-state index in [4.69, 9.17) is 4.74 Å². The van der Waals surface area contributed by atoms with Gasteiger partial charge in [-0.2, -0.15) is 18.3 Å². The van der Waals surface area contributed by atoms with Gasteiger partial charge in [-0.15, -0.1) is 0 Å². The number of nitrogens with one attached hydrogen (secondary N) is 1. The summed E-state index contributed by atoms with van der Waals surface area (Å²) < 4.78 is 45.4. The molecule has 1 aliphatic rings. The molecule has 0 unspecified atom stereocenters. The van der Waals surface area contributed by atoms with Crippen LogP contribution in [0.5, 0.6) is 0 Å². The van der Waals surface area contributed by atoms with Crippen LogP contribution in [0.3, 0.4) is 0 Å². The third-order valence-electron chi connectivity index (χ3n) is 5.66. The zero-order chi connectivity index (χ0) is 24.3. The Morgan fingerprint density at radius 3 is 2.38 bits per heavy atom. The maximum Gasteiger partial charge on any atom is 0.417 e. The van der Waals surface area contributed by atoms with E-state index in [1.54, 1.807) is 0 Å². The Morgan fingerprint density at radius 1 is 1.09 bits per heavy atom. The number of morpholine rings is 1. The lowest BCUT2D eigenvalue weighted by molar-refractivity contribution is -0.137. The largest absolute Gasteiger partial charge is 0.417 e. The standard InChI is InChI=1S/C24H26F3N5O2/c1-16(2)22-20(15-30-32(22)21-8-5-18(14-28-21)24(25,26)27)23(33)29-13-17-3-6-19(7-4-17)31-9-11-34-12-10-31/h3-8,14-16H,9-13H2,1-2H3,(H,29,33). The van der Waals surface area contributed by atoms with E-state index in [2.05, 4.69) is 20.3 Å². The Bertz CT molecular complexity index is 1120. The van der Waals surface area contributed by atoms with Crippen LogP contribution in [0.4, 0.5) is 18.9 Å². The minimum atomic E-state index is -4.47. The number of carbonyl (C=O) groups excluding carboxylic acids is 1. The van der Waals surface area contributed by atoms with E-state index in [-0.39, 0.29) is 17.6 Å². The van der Waals surface area contributed by atoms with E-state index in [0.29, 0.717) is 31.0 Å². The van der Waals surface area contributed by atoms with E-state index >= 15 is 0 Å². The van der Waals surface area contributed by atoms with Crippen LogP contribution in [0.15, 0.2) is 48.8 Å². The van der Waals surface area contributed by atoms with E-state index in [0.717, 1.165) is 36.6 Å². The zero-order valence-corrected chi connectivity index (χ0v) is 19.0. The summed E-state index contributed by atoms with van der Waals surface area (Å²) in [6, 6.07) is 10.2. The molecule has 2 aromatic heterocycles. The van der Waals surface area contributed by atoms with Crippen LogP contribution in [0, 0.1) is 0 Å². The van der Waals surface area contributed by atoms with Gasteiger partial charge in [-0.25, -0.2) is 9.67 Å². The smallest absolute Gasteiger partial charge is 0.378 e. The minimum absolute atomic E-state index is 0.111. The number of hydrogen-bond acceptors (Lipinski definition) is 5. The molecule has 1 N–H and O–H groups in total. The molecule has 1 saturated heterocycles. The van der Waals surface area contributed by atoms with Crippen molar-refractivity contribution in [3.8, 4) is 5.82 Å². The first-order valence-electron chi connectivity index (χ1n) is 11.1. The fourth-order valence-corrected chi connectivity index (χ4v) is 3.87. The monoisotopic (exact) mass is 473 g/mol. The van der Waals surface area contributed by atoms with Crippen molar-refractivity contribution in [1.29, 1.82) is 0 Å². The number of anilines is 1. The molecule has 1 aromatic carbocycles. The Kier molecular flexibility index (Phi) is 6.87. The molecule has 10 heteroatoms. The van der Waals surface area contributed by atoms with E-state index in [1.807, 2.05) is 38.1 Å². The maximum absolute atomic E-state index is 12.9. The van der Waals surface area contributed by atoms with Gasteiger partial charge in [-0.1, -0.05) is 26.0 Å². The van der Waals surface area contributed by atoms with Crippen molar-refractivity contribution in [1.82, 2.24) is 20.1 Å². The average molecular weight is 473 g/mol.